The lowest BCUT2D eigenvalue weighted by Crippen LogP contribution is -2.20. The van der Waals surface area contributed by atoms with E-state index in [1.807, 2.05) is 0 Å². The minimum absolute atomic E-state index is 0.0892. The Kier molecular flexibility index (Phi) is 2.96. The molecule has 0 radical (unpaired) electrons. The number of rotatable bonds is 2. The van der Waals surface area contributed by atoms with Gasteiger partial charge in [-0.05, 0) is 24.4 Å². The zero-order chi connectivity index (χ0) is 10.7. The summed E-state index contributed by atoms with van der Waals surface area (Å²) < 4.78 is 25.3. The van der Waals surface area contributed by atoms with Crippen molar-refractivity contribution in [3.8, 4) is 0 Å². The molecular formula is C10H9F2NO. The van der Waals surface area contributed by atoms with Crippen LogP contribution in [0.3, 0.4) is 0 Å². The Labute approximate surface area is 80.5 Å². The second-order valence-corrected chi connectivity index (χ2v) is 2.73. The number of carbonyl (C=O) groups excluding carboxylic acids is 1. The molecular weight excluding hydrogens is 188 g/mol. The second-order valence-electron chi connectivity index (χ2n) is 2.73. The van der Waals surface area contributed by atoms with Crippen LogP contribution < -0.4 is 0 Å². The first-order valence-corrected chi connectivity index (χ1v) is 3.91. The lowest BCUT2D eigenvalue weighted by molar-refractivity contribution is 0.0850. The number of hydrogen-bond acceptors (Lipinski definition) is 1. The molecule has 1 rings (SSSR count). The van der Waals surface area contributed by atoms with Crippen LogP contribution in [0.15, 0.2) is 31.0 Å². The monoisotopic (exact) mass is 197 g/mol. The Hall–Kier alpha value is -1.71. The average molecular weight is 197 g/mol. The first kappa shape index (κ1) is 10.4. The van der Waals surface area contributed by atoms with Crippen molar-refractivity contribution in [1.82, 2.24) is 4.90 Å². The molecule has 0 fully saturated rings. The molecule has 1 aromatic rings. The summed E-state index contributed by atoms with van der Waals surface area (Å²) in [4.78, 5) is 12.6. The van der Waals surface area contributed by atoms with Crippen LogP contribution in [-0.4, -0.2) is 17.9 Å². The van der Waals surface area contributed by atoms with Gasteiger partial charge in [0.05, 0.1) is 0 Å². The van der Waals surface area contributed by atoms with Gasteiger partial charge in [-0.25, -0.2) is 8.78 Å². The maximum Gasteiger partial charge on any atom is 0.257 e. The van der Waals surface area contributed by atoms with Gasteiger partial charge in [-0.2, -0.15) is 0 Å². The van der Waals surface area contributed by atoms with Gasteiger partial charge < -0.3 is 4.90 Å². The van der Waals surface area contributed by atoms with Crippen LogP contribution in [0, 0.1) is 11.6 Å². The zero-order valence-electron chi connectivity index (χ0n) is 7.63. The van der Waals surface area contributed by atoms with Gasteiger partial charge in [0.1, 0.15) is 0 Å². The van der Waals surface area contributed by atoms with Crippen molar-refractivity contribution in [3.05, 3.63) is 48.2 Å². The van der Waals surface area contributed by atoms with Crippen molar-refractivity contribution in [2.75, 3.05) is 7.05 Å². The molecule has 0 aliphatic rings. The van der Waals surface area contributed by atoms with E-state index in [0.717, 1.165) is 12.1 Å². The molecule has 0 aliphatic heterocycles. The SMILES string of the molecule is C=CN(C)C(=O)c1ccc(F)c(F)c1. The van der Waals surface area contributed by atoms with E-state index in [-0.39, 0.29) is 5.56 Å². The van der Waals surface area contributed by atoms with E-state index in [1.165, 1.54) is 24.2 Å². The van der Waals surface area contributed by atoms with Gasteiger partial charge in [-0.1, -0.05) is 6.58 Å². The lowest BCUT2D eigenvalue weighted by atomic mass is 10.2. The lowest BCUT2D eigenvalue weighted by Gasteiger charge is -2.10. The van der Waals surface area contributed by atoms with Crippen molar-refractivity contribution >= 4 is 5.91 Å². The van der Waals surface area contributed by atoms with Crippen LogP contribution in [0.25, 0.3) is 0 Å². The summed E-state index contributed by atoms with van der Waals surface area (Å²) >= 11 is 0. The first-order valence-electron chi connectivity index (χ1n) is 3.91. The maximum atomic E-state index is 12.7. The van der Waals surface area contributed by atoms with Crippen LogP contribution in [0.2, 0.25) is 0 Å². The molecule has 0 aromatic heterocycles. The van der Waals surface area contributed by atoms with Gasteiger partial charge in [-0.15, -0.1) is 0 Å². The number of hydrogen-bond donors (Lipinski definition) is 0. The third kappa shape index (κ3) is 1.96. The fourth-order valence-corrected chi connectivity index (χ4v) is 0.916. The van der Waals surface area contributed by atoms with Crippen molar-refractivity contribution in [2.24, 2.45) is 0 Å². The summed E-state index contributed by atoms with van der Waals surface area (Å²) in [5.41, 5.74) is 0.0892. The predicted octanol–water partition coefficient (Wildman–Crippen LogP) is 2.18. The van der Waals surface area contributed by atoms with E-state index in [9.17, 15) is 13.6 Å². The molecule has 0 aliphatic carbocycles. The number of halogens is 2. The highest BCUT2D eigenvalue weighted by atomic mass is 19.2. The topological polar surface area (TPSA) is 20.3 Å². The summed E-state index contributed by atoms with van der Waals surface area (Å²) in [5, 5.41) is 0. The number of carbonyl (C=O) groups is 1. The molecule has 0 N–H and O–H groups in total. The van der Waals surface area contributed by atoms with E-state index in [1.54, 1.807) is 0 Å². The third-order valence-electron chi connectivity index (χ3n) is 1.76. The Morgan fingerprint density at radius 1 is 1.43 bits per heavy atom. The number of nitrogens with zero attached hydrogens (tertiary/aromatic N) is 1. The van der Waals surface area contributed by atoms with Gasteiger partial charge >= 0.3 is 0 Å². The molecule has 0 saturated heterocycles. The van der Waals surface area contributed by atoms with E-state index < -0.39 is 17.5 Å². The normalized spacial score (nSPS) is 9.64. The molecule has 1 amide bonds. The van der Waals surface area contributed by atoms with Crippen LogP contribution in [-0.2, 0) is 0 Å². The maximum absolute atomic E-state index is 12.7. The summed E-state index contributed by atoms with van der Waals surface area (Å²) in [6.07, 6.45) is 1.30. The molecule has 74 valence electrons. The molecule has 1 aromatic carbocycles. The van der Waals surface area contributed by atoms with Gasteiger partial charge in [0, 0.05) is 12.6 Å². The van der Waals surface area contributed by atoms with Crippen LogP contribution in [0.5, 0.6) is 0 Å². The van der Waals surface area contributed by atoms with Gasteiger partial charge in [0.25, 0.3) is 5.91 Å². The molecule has 0 atom stereocenters. The summed E-state index contributed by atoms with van der Waals surface area (Å²) in [6.45, 7) is 3.38. The fraction of sp³-hybridized carbons (Fsp3) is 0.100. The smallest absolute Gasteiger partial charge is 0.257 e. The van der Waals surface area contributed by atoms with Gasteiger partial charge in [-0.3, -0.25) is 4.79 Å². The highest BCUT2D eigenvalue weighted by Gasteiger charge is 2.11. The largest absolute Gasteiger partial charge is 0.319 e. The number of benzene rings is 1. The van der Waals surface area contributed by atoms with Crippen molar-refractivity contribution < 1.29 is 13.6 Å². The standard InChI is InChI=1S/C10H9F2NO/c1-3-13(2)10(14)7-4-5-8(11)9(12)6-7/h3-6H,1H2,2H3. The van der Waals surface area contributed by atoms with Crippen molar-refractivity contribution in [3.63, 3.8) is 0 Å². The summed E-state index contributed by atoms with van der Waals surface area (Å²) in [7, 11) is 1.48. The Bertz CT molecular complexity index is 376. The quantitative estimate of drug-likeness (QED) is 0.711. The highest BCUT2D eigenvalue weighted by Crippen LogP contribution is 2.10. The zero-order valence-corrected chi connectivity index (χ0v) is 7.63. The summed E-state index contributed by atoms with van der Waals surface area (Å²) in [5.74, 6) is -2.44. The molecule has 0 saturated carbocycles. The van der Waals surface area contributed by atoms with Gasteiger partial charge in [0.2, 0.25) is 0 Å². The molecule has 2 nitrogen and oxygen atoms in total. The number of amides is 1. The van der Waals surface area contributed by atoms with Crippen molar-refractivity contribution in [2.45, 2.75) is 0 Å². The van der Waals surface area contributed by atoms with E-state index in [2.05, 4.69) is 6.58 Å². The summed E-state index contributed by atoms with van der Waals surface area (Å²) in [6, 6.07) is 3.00. The van der Waals surface area contributed by atoms with Crippen LogP contribution in [0.1, 0.15) is 10.4 Å². The van der Waals surface area contributed by atoms with Gasteiger partial charge in [0.15, 0.2) is 11.6 Å². The Morgan fingerprint density at radius 3 is 2.57 bits per heavy atom. The molecule has 0 heterocycles. The molecule has 14 heavy (non-hydrogen) atoms. The van der Waals surface area contributed by atoms with E-state index >= 15 is 0 Å². The fourth-order valence-electron chi connectivity index (χ4n) is 0.916. The molecule has 4 heteroatoms. The van der Waals surface area contributed by atoms with Crippen molar-refractivity contribution in [1.29, 1.82) is 0 Å². The average Bonchev–Trinajstić information content (AvgIpc) is 2.20. The van der Waals surface area contributed by atoms with E-state index in [4.69, 9.17) is 0 Å². The van der Waals surface area contributed by atoms with Crippen LogP contribution >= 0.6 is 0 Å². The predicted molar refractivity (Wildman–Crippen MR) is 48.6 cm³/mol. The molecule has 0 bridgehead atoms. The Balaban J connectivity index is 3.02. The first-order chi connectivity index (χ1) is 6.56. The van der Waals surface area contributed by atoms with Crippen LogP contribution in [0.4, 0.5) is 8.78 Å². The highest BCUT2D eigenvalue weighted by molar-refractivity contribution is 5.94. The van der Waals surface area contributed by atoms with E-state index in [0.29, 0.717) is 0 Å². The minimum atomic E-state index is -1.03. The Morgan fingerprint density at radius 2 is 2.07 bits per heavy atom. The minimum Gasteiger partial charge on any atom is -0.319 e. The molecule has 0 spiro atoms. The second kappa shape index (κ2) is 4.00. The third-order valence-corrected chi connectivity index (χ3v) is 1.76. The molecule has 0 unspecified atom stereocenters.